The molecule has 4 rings (SSSR count). The third-order valence-electron chi connectivity index (χ3n) is 5.79. The number of hydrogen-bond donors (Lipinski definition) is 0. The number of likely N-dealkylation sites (tertiary alicyclic amines) is 1. The SMILES string of the molecule is CCn1c2ccccc2c2cc(C(C)C3CCCN3C)ccc21. The maximum Gasteiger partial charge on any atom is 0.0491 e. The first kappa shape index (κ1) is 14.8. The average Bonchev–Trinajstić information content (AvgIpc) is 3.14. The molecule has 0 N–H and O–H groups in total. The van der Waals surface area contributed by atoms with Crippen LogP contribution in [-0.4, -0.2) is 29.1 Å². The van der Waals surface area contributed by atoms with Gasteiger partial charge in [-0.15, -0.1) is 0 Å². The highest BCUT2D eigenvalue weighted by atomic mass is 15.1. The molecule has 1 aliphatic heterocycles. The van der Waals surface area contributed by atoms with Crippen LogP contribution in [0.5, 0.6) is 0 Å². The van der Waals surface area contributed by atoms with Crippen LogP contribution in [0.25, 0.3) is 21.8 Å². The van der Waals surface area contributed by atoms with Crippen LogP contribution >= 0.6 is 0 Å². The lowest BCUT2D eigenvalue weighted by Crippen LogP contribution is -2.29. The lowest BCUT2D eigenvalue weighted by atomic mass is 9.91. The van der Waals surface area contributed by atoms with E-state index >= 15 is 0 Å². The van der Waals surface area contributed by atoms with Gasteiger partial charge < -0.3 is 9.47 Å². The largest absolute Gasteiger partial charge is 0.341 e. The Morgan fingerprint density at radius 1 is 1.09 bits per heavy atom. The third-order valence-corrected chi connectivity index (χ3v) is 5.79. The Hall–Kier alpha value is -1.80. The summed E-state index contributed by atoms with van der Waals surface area (Å²) in [5, 5.41) is 2.80. The van der Waals surface area contributed by atoms with E-state index < -0.39 is 0 Å². The van der Waals surface area contributed by atoms with Gasteiger partial charge >= 0.3 is 0 Å². The minimum Gasteiger partial charge on any atom is -0.341 e. The quantitative estimate of drug-likeness (QED) is 0.660. The van der Waals surface area contributed by atoms with Gasteiger partial charge in [-0.05, 0) is 63.0 Å². The molecule has 1 saturated heterocycles. The Kier molecular flexibility index (Phi) is 3.65. The zero-order valence-electron chi connectivity index (χ0n) is 14.4. The highest BCUT2D eigenvalue weighted by Crippen LogP contribution is 2.34. The fraction of sp³-hybridized carbons (Fsp3) is 0.429. The summed E-state index contributed by atoms with van der Waals surface area (Å²) in [5.41, 5.74) is 4.20. The number of benzene rings is 2. The molecule has 120 valence electrons. The molecule has 2 aromatic carbocycles. The molecule has 0 amide bonds. The van der Waals surface area contributed by atoms with E-state index in [1.807, 2.05) is 0 Å². The molecular weight excluding hydrogens is 280 g/mol. The highest BCUT2D eigenvalue weighted by molar-refractivity contribution is 6.08. The van der Waals surface area contributed by atoms with Crippen LogP contribution in [0, 0.1) is 0 Å². The van der Waals surface area contributed by atoms with E-state index in [0.29, 0.717) is 12.0 Å². The van der Waals surface area contributed by atoms with Gasteiger partial charge in [-0.3, -0.25) is 0 Å². The summed E-state index contributed by atoms with van der Waals surface area (Å²) in [6.07, 6.45) is 2.66. The first-order valence-corrected chi connectivity index (χ1v) is 8.92. The van der Waals surface area contributed by atoms with Crippen molar-refractivity contribution >= 4 is 21.8 Å². The first-order valence-electron chi connectivity index (χ1n) is 8.92. The normalized spacial score (nSPS) is 20.6. The number of aryl methyl sites for hydroxylation is 1. The number of likely N-dealkylation sites (N-methyl/N-ethyl adjacent to an activating group) is 1. The second-order valence-electron chi connectivity index (χ2n) is 7.02. The zero-order chi connectivity index (χ0) is 16.0. The molecule has 0 spiro atoms. The van der Waals surface area contributed by atoms with E-state index in [2.05, 4.69) is 72.8 Å². The van der Waals surface area contributed by atoms with Gasteiger partial charge in [0.25, 0.3) is 0 Å². The molecule has 2 heteroatoms. The van der Waals surface area contributed by atoms with Crippen molar-refractivity contribution in [1.82, 2.24) is 9.47 Å². The Bertz CT molecular complexity index is 846. The van der Waals surface area contributed by atoms with Crippen molar-refractivity contribution in [2.45, 2.75) is 45.2 Å². The van der Waals surface area contributed by atoms with E-state index in [4.69, 9.17) is 0 Å². The molecule has 2 heterocycles. The van der Waals surface area contributed by atoms with Crippen LogP contribution in [0.3, 0.4) is 0 Å². The number of para-hydroxylation sites is 1. The summed E-state index contributed by atoms with van der Waals surface area (Å²) in [4.78, 5) is 2.53. The average molecular weight is 306 g/mol. The van der Waals surface area contributed by atoms with Gasteiger partial charge in [0.05, 0.1) is 0 Å². The first-order chi connectivity index (χ1) is 11.2. The van der Waals surface area contributed by atoms with Gasteiger partial charge in [-0.1, -0.05) is 31.2 Å². The second-order valence-corrected chi connectivity index (χ2v) is 7.02. The lowest BCUT2D eigenvalue weighted by Gasteiger charge is -2.26. The third kappa shape index (κ3) is 2.28. The highest BCUT2D eigenvalue weighted by Gasteiger charge is 2.27. The van der Waals surface area contributed by atoms with Crippen molar-refractivity contribution in [3.05, 3.63) is 48.0 Å². The molecule has 3 aromatic rings. The molecule has 0 saturated carbocycles. The lowest BCUT2D eigenvalue weighted by molar-refractivity contribution is 0.279. The number of hydrogen-bond acceptors (Lipinski definition) is 1. The standard InChI is InChI=1S/C21H26N2/c1-4-23-20-9-6-5-8-17(20)18-14-16(11-12-21(18)23)15(2)19-10-7-13-22(19)3/h5-6,8-9,11-12,14-15,19H,4,7,10,13H2,1-3H3. The van der Waals surface area contributed by atoms with Crippen LogP contribution in [0.15, 0.2) is 42.5 Å². The minimum atomic E-state index is 0.593. The van der Waals surface area contributed by atoms with Crippen LogP contribution in [0.4, 0.5) is 0 Å². The molecule has 1 aromatic heterocycles. The van der Waals surface area contributed by atoms with Crippen molar-refractivity contribution in [2.24, 2.45) is 0 Å². The summed E-state index contributed by atoms with van der Waals surface area (Å²) in [6.45, 7) is 6.89. The maximum atomic E-state index is 2.53. The smallest absolute Gasteiger partial charge is 0.0491 e. The van der Waals surface area contributed by atoms with Gasteiger partial charge in [0, 0.05) is 34.4 Å². The Morgan fingerprint density at radius 3 is 2.61 bits per heavy atom. The van der Waals surface area contributed by atoms with E-state index in [9.17, 15) is 0 Å². The minimum absolute atomic E-state index is 0.593. The second kappa shape index (κ2) is 5.68. The topological polar surface area (TPSA) is 8.17 Å². The summed E-state index contributed by atoms with van der Waals surface area (Å²) in [6, 6.07) is 16.6. The van der Waals surface area contributed by atoms with Gasteiger partial charge in [0.2, 0.25) is 0 Å². The monoisotopic (exact) mass is 306 g/mol. The maximum absolute atomic E-state index is 2.53. The van der Waals surface area contributed by atoms with Crippen LogP contribution in [-0.2, 0) is 6.54 Å². The summed E-state index contributed by atoms with van der Waals surface area (Å²) in [7, 11) is 2.27. The van der Waals surface area contributed by atoms with Crippen molar-refractivity contribution < 1.29 is 0 Å². The van der Waals surface area contributed by atoms with Gasteiger partial charge in [-0.2, -0.15) is 0 Å². The molecule has 0 aliphatic carbocycles. The van der Waals surface area contributed by atoms with Crippen molar-refractivity contribution in [3.8, 4) is 0 Å². The van der Waals surface area contributed by atoms with Crippen LogP contribution in [0.2, 0.25) is 0 Å². The van der Waals surface area contributed by atoms with Gasteiger partial charge in [0.15, 0.2) is 0 Å². The fourth-order valence-corrected chi connectivity index (χ4v) is 4.49. The van der Waals surface area contributed by atoms with Crippen molar-refractivity contribution in [3.63, 3.8) is 0 Å². The predicted molar refractivity (Wildman–Crippen MR) is 99.2 cm³/mol. The molecule has 1 fully saturated rings. The fourth-order valence-electron chi connectivity index (χ4n) is 4.49. The van der Waals surface area contributed by atoms with Gasteiger partial charge in [0.1, 0.15) is 0 Å². The zero-order valence-corrected chi connectivity index (χ0v) is 14.4. The van der Waals surface area contributed by atoms with E-state index in [0.717, 1.165) is 6.54 Å². The number of nitrogens with zero attached hydrogens (tertiary/aromatic N) is 2. The molecule has 2 atom stereocenters. The van der Waals surface area contributed by atoms with Crippen LogP contribution < -0.4 is 0 Å². The number of fused-ring (bicyclic) bond motifs is 3. The van der Waals surface area contributed by atoms with Crippen molar-refractivity contribution in [2.75, 3.05) is 13.6 Å². The molecule has 2 unspecified atom stereocenters. The summed E-state index contributed by atoms with van der Waals surface area (Å²) >= 11 is 0. The Labute approximate surface area is 138 Å². The van der Waals surface area contributed by atoms with E-state index in [-0.39, 0.29) is 0 Å². The number of aromatic nitrogens is 1. The molecule has 0 bridgehead atoms. The van der Waals surface area contributed by atoms with Gasteiger partial charge in [-0.25, -0.2) is 0 Å². The number of rotatable bonds is 3. The Morgan fingerprint density at radius 2 is 1.87 bits per heavy atom. The van der Waals surface area contributed by atoms with Crippen LogP contribution in [0.1, 0.15) is 38.2 Å². The molecule has 23 heavy (non-hydrogen) atoms. The molecule has 1 aliphatic rings. The molecule has 0 radical (unpaired) electrons. The molecule has 2 nitrogen and oxygen atoms in total. The summed E-state index contributed by atoms with van der Waals surface area (Å²) in [5.74, 6) is 0.593. The van der Waals surface area contributed by atoms with Crippen molar-refractivity contribution in [1.29, 1.82) is 0 Å². The summed E-state index contributed by atoms with van der Waals surface area (Å²) < 4.78 is 2.43. The van der Waals surface area contributed by atoms with E-state index in [1.165, 1.54) is 46.8 Å². The molecular formula is C21H26N2. The predicted octanol–water partition coefficient (Wildman–Crippen LogP) is 5.01. The Balaban J connectivity index is 1.86. The van der Waals surface area contributed by atoms with E-state index in [1.54, 1.807) is 0 Å².